The van der Waals surface area contributed by atoms with Crippen LogP contribution in [0.4, 0.5) is 0 Å². The van der Waals surface area contributed by atoms with Crippen LogP contribution < -0.4 is 0 Å². The third kappa shape index (κ3) is 4.58. The molecular weight excluding hydrogens is 340 g/mol. The molecule has 0 spiro atoms. The number of rotatable bonds is 4. The Morgan fingerprint density at radius 3 is 2.19 bits per heavy atom. The van der Waals surface area contributed by atoms with E-state index in [1.807, 2.05) is 34.6 Å². The lowest BCUT2D eigenvalue weighted by Crippen LogP contribution is -2.47. The molecule has 0 aromatic rings. The van der Waals surface area contributed by atoms with Crippen molar-refractivity contribution in [3.63, 3.8) is 0 Å². The predicted molar refractivity (Wildman–Crippen MR) is 107 cm³/mol. The number of carbonyl (C=O) groups is 1. The van der Waals surface area contributed by atoms with Gasteiger partial charge >= 0.3 is 5.97 Å². The molecule has 0 aromatic heterocycles. The Morgan fingerprint density at radius 2 is 1.74 bits per heavy atom. The van der Waals surface area contributed by atoms with Gasteiger partial charge < -0.3 is 4.74 Å². The van der Waals surface area contributed by atoms with Crippen LogP contribution in [0, 0.1) is 35.0 Å². The van der Waals surface area contributed by atoms with Gasteiger partial charge in [0.05, 0.1) is 5.60 Å². The van der Waals surface area contributed by atoms with Crippen molar-refractivity contribution in [2.45, 2.75) is 92.0 Å². The standard InChI is InChI=1S/C23H36O4/c1-15(2)19(24)25-23(12-11-21(7,8)27-26-20(4,5)6)14-17-13-18(23)16(3)22(17,9)10/h16-18H,1,13-14H2,2-10H3. The van der Waals surface area contributed by atoms with Crippen LogP contribution in [0.25, 0.3) is 0 Å². The van der Waals surface area contributed by atoms with Crippen molar-refractivity contribution in [1.29, 1.82) is 0 Å². The zero-order valence-electron chi connectivity index (χ0n) is 18.5. The van der Waals surface area contributed by atoms with E-state index in [2.05, 4.69) is 39.2 Å². The lowest BCUT2D eigenvalue weighted by atomic mass is 9.64. The molecule has 4 unspecified atom stereocenters. The van der Waals surface area contributed by atoms with Gasteiger partial charge in [-0.1, -0.05) is 39.2 Å². The number of hydrogen-bond acceptors (Lipinski definition) is 4. The van der Waals surface area contributed by atoms with Crippen LogP contribution in [-0.2, 0) is 19.3 Å². The average Bonchev–Trinajstić information content (AvgIpc) is 2.99. The van der Waals surface area contributed by atoms with Crippen LogP contribution in [0.3, 0.4) is 0 Å². The topological polar surface area (TPSA) is 44.8 Å². The summed E-state index contributed by atoms with van der Waals surface area (Å²) in [6.07, 6.45) is 1.79. The molecule has 2 aliphatic carbocycles. The summed E-state index contributed by atoms with van der Waals surface area (Å²) >= 11 is 0. The largest absolute Gasteiger partial charge is 0.442 e. The maximum Gasteiger partial charge on any atom is 0.334 e. The fourth-order valence-corrected chi connectivity index (χ4v) is 4.21. The normalized spacial score (nSPS) is 32.0. The fraction of sp³-hybridized carbons (Fsp3) is 0.783. The van der Waals surface area contributed by atoms with E-state index in [0.29, 0.717) is 17.4 Å². The van der Waals surface area contributed by atoms with Crippen LogP contribution >= 0.6 is 0 Å². The van der Waals surface area contributed by atoms with E-state index in [1.54, 1.807) is 6.92 Å². The highest BCUT2D eigenvalue weighted by atomic mass is 17.2. The Bertz CT molecular complexity index is 667. The number of fused-ring (bicyclic) bond motifs is 2. The molecule has 0 saturated heterocycles. The molecule has 2 bridgehead atoms. The molecule has 0 amide bonds. The third-order valence-corrected chi connectivity index (χ3v) is 6.21. The van der Waals surface area contributed by atoms with Gasteiger partial charge in [0.15, 0.2) is 11.2 Å². The summed E-state index contributed by atoms with van der Waals surface area (Å²) in [4.78, 5) is 23.4. The first-order valence-electron chi connectivity index (χ1n) is 9.90. The minimum atomic E-state index is -0.809. The van der Waals surface area contributed by atoms with Crippen LogP contribution in [-0.4, -0.2) is 22.8 Å². The van der Waals surface area contributed by atoms with E-state index in [0.717, 1.165) is 12.8 Å². The van der Waals surface area contributed by atoms with Crippen molar-refractivity contribution in [2.24, 2.45) is 23.2 Å². The molecule has 4 heteroatoms. The van der Waals surface area contributed by atoms with Crippen molar-refractivity contribution in [2.75, 3.05) is 0 Å². The van der Waals surface area contributed by atoms with Crippen LogP contribution in [0.15, 0.2) is 12.2 Å². The molecule has 152 valence electrons. The van der Waals surface area contributed by atoms with Gasteiger partial charge in [0.2, 0.25) is 0 Å². The first kappa shape index (κ1) is 22.0. The summed E-state index contributed by atoms with van der Waals surface area (Å²) < 4.78 is 5.99. The van der Waals surface area contributed by atoms with Crippen molar-refractivity contribution >= 4 is 5.97 Å². The van der Waals surface area contributed by atoms with Crippen LogP contribution in [0.1, 0.15) is 75.2 Å². The molecule has 0 aliphatic heterocycles. The van der Waals surface area contributed by atoms with Gasteiger partial charge in [-0.25, -0.2) is 14.6 Å². The predicted octanol–water partition coefficient (Wildman–Crippen LogP) is 5.08. The minimum absolute atomic E-state index is 0.215. The maximum atomic E-state index is 12.4. The van der Waals surface area contributed by atoms with E-state index in [4.69, 9.17) is 14.5 Å². The molecule has 0 radical (unpaired) electrons. The van der Waals surface area contributed by atoms with Gasteiger partial charge in [-0.3, -0.25) is 0 Å². The van der Waals surface area contributed by atoms with Gasteiger partial charge in [-0.15, -0.1) is 0 Å². The molecule has 4 atom stereocenters. The lowest BCUT2D eigenvalue weighted by Gasteiger charge is -2.44. The number of ether oxygens (including phenoxy) is 1. The summed E-state index contributed by atoms with van der Waals surface area (Å²) in [6, 6.07) is 0. The lowest BCUT2D eigenvalue weighted by molar-refractivity contribution is -0.384. The third-order valence-electron chi connectivity index (χ3n) is 6.21. The fourth-order valence-electron chi connectivity index (χ4n) is 4.21. The van der Waals surface area contributed by atoms with Crippen molar-refractivity contribution in [3.8, 4) is 11.8 Å². The molecule has 0 heterocycles. The Morgan fingerprint density at radius 1 is 1.15 bits per heavy atom. The quantitative estimate of drug-likeness (QED) is 0.226. The number of hydrogen-bond donors (Lipinski definition) is 0. The Labute approximate surface area is 164 Å². The van der Waals surface area contributed by atoms with Crippen molar-refractivity contribution in [1.82, 2.24) is 0 Å². The van der Waals surface area contributed by atoms with Gasteiger partial charge in [-0.2, -0.15) is 0 Å². The number of carbonyl (C=O) groups excluding carboxylic acids is 1. The van der Waals surface area contributed by atoms with E-state index in [-0.39, 0.29) is 17.3 Å². The molecule has 4 nitrogen and oxygen atoms in total. The second kappa shape index (κ2) is 6.94. The highest BCUT2D eigenvalue weighted by Gasteiger charge is 2.63. The highest BCUT2D eigenvalue weighted by molar-refractivity contribution is 5.87. The molecule has 2 aliphatic rings. The summed E-state index contributed by atoms with van der Waals surface area (Å²) in [7, 11) is 0. The van der Waals surface area contributed by atoms with E-state index < -0.39 is 16.8 Å². The van der Waals surface area contributed by atoms with E-state index in [9.17, 15) is 4.79 Å². The van der Waals surface area contributed by atoms with Gasteiger partial charge in [0, 0.05) is 17.9 Å². The second-order valence-electron chi connectivity index (χ2n) is 10.5. The zero-order chi connectivity index (χ0) is 20.8. The maximum absolute atomic E-state index is 12.4. The van der Waals surface area contributed by atoms with Gasteiger partial charge in [0.1, 0.15) is 0 Å². The Kier molecular flexibility index (Phi) is 5.65. The molecular formula is C23H36O4. The number of esters is 1. The summed E-state index contributed by atoms with van der Waals surface area (Å²) in [5.74, 6) is 7.25. The molecule has 0 N–H and O–H groups in total. The van der Waals surface area contributed by atoms with E-state index in [1.165, 1.54) is 0 Å². The second-order valence-corrected chi connectivity index (χ2v) is 10.5. The SMILES string of the molecule is C=C(C)C(=O)OC1(C#CC(C)(C)OOC(C)(C)C)CC2CC1C(C)C2(C)C. The molecule has 2 fully saturated rings. The minimum Gasteiger partial charge on any atom is -0.442 e. The first-order chi connectivity index (χ1) is 12.1. The van der Waals surface area contributed by atoms with Crippen molar-refractivity contribution < 1.29 is 19.3 Å². The smallest absolute Gasteiger partial charge is 0.334 e. The summed E-state index contributed by atoms with van der Waals surface area (Å²) in [5.41, 5.74) is -1.38. The Balaban J connectivity index is 2.32. The van der Waals surface area contributed by atoms with Gasteiger partial charge in [0.25, 0.3) is 0 Å². The monoisotopic (exact) mass is 376 g/mol. The zero-order valence-corrected chi connectivity index (χ0v) is 18.5. The Hall–Kier alpha value is -1.31. The summed E-state index contributed by atoms with van der Waals surface area (Å²) in [6.45, 7) is 21.8. The average molecular weight is 377 g/mol. The first-order valence-corrected chi connectivity index (χ1v) is 9.90. The summed E-state index contributed by atoms with van der Waals surface area (Å²) in [5, 5.41) is 0. The molecule has 0 aromatic carbocycles. The van der Waals surface area contributed by atoms with Crippen LogP contribution in [0.2, 0.25) is 0 Å². The van der Waals surface area contributed by atoms with Gasteiger partial charge in [-0.05, 0) is 65.2 Å². The molecule has 2 saturated carbocycles. The van der Waals surface area contributed by atoms with E-state index >= 15 is 0 Å². The van der Waals surface area contributed by atoms with Crippen molar-refractivity contribution in [3.05, 3.63) is 12.2 Å². The highest BCUT2D eigenvalue weighted by Crippen LogP contribution is 2.63. The molecule has 27 heavy (non-hydrogen) atoms. The molecule has 2 rings (SSSR count). The van der Waals surface area contributed by atoms with Crippen LogP contribution in [0.5, 0.6) is 0 Å².